The van der Waals surface area contributed by atoms with E-state index in [2.05, 4.69) is 11.8 Å². The Morgan fingerprint density at radius 1 is 1.47 bits per heavy atom. The molecule has 2 aliphatic heterocycles. The molecule has 19 heavy (non-hydrogen) atoms. The lowest BCUT2D eigenvalue weighted by Crippen LogP contribution is -2.43. The van der Waals surface area contributed by atoms with Gasteiger partial charge in [-0.1, -0.05) is 20.3 Å². The fraction of sp³-hybridized carbons (Fsp3) is 0.933. The van der Waals surface area contributed by atoms with E-state index in [1.165, 1.54) is 0 Å². The van der Waals surface area contributed by atoms with Crippen LogP contribution in [0.4, 0.5) is 0 Å². The van der Waals surface area contributed by atoms with Gasteiger partial charge >= 0.3 is 5.97 Å². The number of carbonyl (C=O) groups is 1. The minimum absolute atomic E-state index is 0.380. The normalized spacial score (nSPS) is 36.5. The summed E-state index contributed by atoms with van der Waals surface area (Å²) in [6.45, 7) is 6.68. The van der Waals surface area contributed by atoms with Gasteiger partial charge in [0.25, 0.3) is 0 Å². The second-order valence-corrected chi connectivity index (χ2v) is 6.12. The van der Waals surface area contributed by atoms with Gasteiger partial charge in [0.15, 0.2) is 0 Å². The molecule has 4 heteroatoms. The summed E-state index contributed by atoms with van der Waals surface area (Å²) in [4.78, 5) is 13.9. The van der Waals surface area contributed by atoms with Crippen LogP contribution in [0, 0.1) is 5.41 Å². The summed E-state index contributed by atoms with van der Waals surface area (Å²) in [6.07, 6.45) is 6.33. The van der Waals surface area contributed by atoms with Gasteiger partial charge in [0.2, 0.25) is 0 Å². The monoisotopic (exact) mass is 269 g/mol. The van der Waals surface area contributed by atoms with Gasteiger partial charge in [-0.15, -0.1) is 0 Å². The summed E-state index contributed by atoms with van der Waals surface area (Å²) in [5.41, 5.74) is -0.501. The summed E-state index contributed by atoms with van der Waals surface area (Å²) >= 11 is 0. The van der Waals surface area contributed by atoms with Crippen molar-refractivity contribution in [2.24, 2.45) is 5.41 Å². The van der Waals surface area contributed by atoms with E-state index in [1.54, 1.807) is 0 Å². The molecule has 0 bridgehead atoms. The van der Waals surface area contributed by atoms with Gasteiger partial charge in [0.1, 0.15) is 0 Å². The third-order valence-electron chi connectivity index (χ3n) is 4.98. The van der Waals surface area contributed by atoms with Crippen molar-refractivity contribution in [3.63, 3.8) is 0 Å². The summed E-state index contributed by atoms with van der Waals surface area (Å²) in [6, 6.07) is 0.526. The summed E-state index contributed by atoms with van der Waals surface area (Å²) < 4.78 is 5.79. The number of hydrogen-bond donors (Lipinski definition) is 1. The topological polar surface area (TPSA) is 49.8 Å². The molecule has 2 aliphatic rings. The zero-order valence-electron chi connectivity index (χ0n) is 12.2. The van der Waals surface area contributed by atoms with Gasteiger partial charge in [-0.05, 0) is 38.6 Å². The van der Waals surface area contributed by atoms with Gasteiger partial charge in [-0.25, -0.2) is 0 Å². The summed E-state index contributed by atoms with van der Waals surface area (Å²) in [5, 5.41) is 9.46. The second-order valence-electron chi connectivity index (χ2n) is 6.12. The average molecular weight is 269 g/mol. The fourth-order valence-electron chi connectivity index (χ4n) is 3.55. The third-order valence-corrected chi connectivity index (χ3v) is 4.98. The number of likely N-dealkylation sites (tertiary alicyclic amines) is 1. The Bertz CT molecular complexity index is 319. The van der Waals surface area contributed by atoms with Crippen LogP contribution in [0.3, 0.4) is 0 Å². The number of aliphatic carboxylic acids is 1. The van der Waals surface area contributed by atoms with Crippen molar-refractivity contribution in [3.05, 3.63) is 0 Å². The first-order valence-electron chi connectivity index (χ1n) is 7.70. The van der Waals surface area contributed by atoms with Crippen LogP contribution in [0.1, 0.15) is 52.4 Å². The molecule has 3 atom stereocenters. The van der Waals surface area contributed by atoms with Crippen LogP contribution in [0.25, 0.3) is 0 Å². The van der Waals surface area contributed by atoms with Crippen molar-refractivity contribution in [2.75, 3.05) is 19.7 Å². The van der Waals surface area contributed by atoms with Crippen LogP contribution in [0.5, 0.6) is 0 Å². The molecule has 3 unspecified atom stereocenters. The van der Waals surface area contributed by atoms with Gasteiger partial charge in [0.05, 0.1) is 11.5 Å². The number of ether oxygens (including phenoxy) is 1. The molecule has 2 saturated heterocycles. The molecule has 1 N–H and O–H groups in total. The molecule has 0 aromatic carbocycles. The van der Waals surface area contributed by atoms with Crippen molar-refractivity contribution in [1.29, 1.82) is 0 Å². The van der Waals surface area contributed by atoms with Crippen molar-refractivity contribution in [1.82, 2.24) is 4.90 Å². The van der Waals surface area contributed by atoms with Crippen LogP contribution < -0.4 is 0 Å². The molecule has 0 amide bonds. The average Bonchev–Trinajstić information content (AvgIpc) is 2.85. The first-order valence-corrected chi connectivity index (χ1v) is 7.70. The molecule has 0 aromatic heterocycles. The molecule has 2 heterocycles. The molecule has 0 saturated carbocycles. The Kier molecular flexibility index (Phi) is 4.85. The Labute approximate surface area is 116 Å². The highest BCUT2D eigenvalue weighted by Gasteiger charge is 2.45. The van der Waals surface area contributed by atoms with E-state index in [1.807, 2.05) is 6.92 Å². The maximum atomic E-state index is 11.5. The zero-order chi connectivity index (χ0) is 13.9. The molecule has 4 nitrogen and oxygen atoms in total. The maximum Gasteiger partial charge on any atom is 0.310 e. The number of hydrogen-bond acceptors (Lipinski definition) is 3. The van der Waals surface area contributed by atoms with Gasteiger partial charge in [-0.3, -0.25) is 9.69 Å². The lowest BCUT2D eigenvalue weighted by molar-refractivity contribution is -0.148. The first kappa shape index (κ1) is 14.8. The van der Waals surface area contributed by atoms with E-state index in [0.717, 1.165) is 58.2 Å². The first-order chi connectivity index (χ1) is 9.11. The lowest BCUT2D eigenvalue weighted by Gasteiger charge is -2.36. The number of carboxylic acids is 1. The molecule has 2 rings (SSSR count). The van der Waals surface area contributed by atoms with Crippen molar-refractivity contribution in [3.8, 4) is 0 Å². The quantitative estimate of drug-likeness (QED) is 0.833. The van der Waals surface area contributed by atoms with Crippen LogP contribution in [0.2, 0.25) is 0 Å². The highest BCUT2D eigenvalue weighted by atomic mass is 16.5. The predicted molar refractivity (Wildman–Crippen MR) is 74.2 cm³/mol. The van der Waals surface area contributed by atoms with Gasteiger partial charge in [0, 0.05) is 19.2 Å². The number of carboxylic acid groups (broad SMARTS) is 1. The molecule has 0 radical (unpaired) electrons. The van der Waals surface area contributed by atoms with E-state index in [0.29, 0.717) is 12.1 Å². The van der Waals surface area contributed by atoms with Crippen molar-refractivity contribution in [2.45, 2.75) is 64.5 Å². The smallest absolute Gasteiger partial charge is 0.310 e. The van der Waals surface area contributed by atoms with Gasteiger partial charge in [-0.2, -0.15) is 0 Å². The van der Waals surface area contributed by atoms with Gasteiger partial charge < -0.3 is 9.84 Å². The fourth-order valence-corrected chi connectivity index (χ4v) is 3.55. The van der Waals surface area contributed by atoms with E-state index in [9.17, 15) is 9.90 Å². The standard InChI is InChI=1S/C15H27NO3/c1-3-5-13-10-12(6-9-19-13)16-8-7-15(4-2,11-16)14(17)18/h12-13H,3-11H2,1-2H3,(H,17,18). The third kappa shape index (κ3) is 3.11. The summed E-state index contributed by atoms with van der Waals surface area (Å²) in [7, 11) is 0. The predicted octanol–water partition coefficient (Wildman–Crippen LogP) is 2.52. The minimum Gasteiger partial charge on any atom is -0.481 e. The van der Waals surface area contributed by atoms with E-state index in [4.69, 9.17) is 4.74 Å². The molecular formula is C15H27NO3. The zero-order valence-corrected chi connectivity index (χ0v) is 12.2. The van der Waals surface area contributed by atoms with E-state index < -0.39 is 11.4 Å². The molecular weight excluding hydrogens is 242 g/mol. The maximum absolute atomic E-state index is 11.5. The van der Waals surface area contributed by atoms with Crippen molar-refractivity contribution < 1.29 is 14.6 Å². The Balaban J connectivity index is 1.94. The van der Waals surface area contributed by atoms with E-state index >= 15 is 0 Å². The highest BCUT2D eigenvalue weighted by molar-refractivity contribution is 5.75. The Morgan fingerprint density at radius 2 is 2.26 bits per heavy atom. The molecule has 2 fully saturated rings. The number of rotatable bonds is 5. The number of nitrogens with zero attached hydrogens (tertiary/aromatic N) is 1. The van der Waals surface area contributed by atoms with Crippen LogP contribution in [0.15, 0.2) is 0 Å². The lowest BCUT2D eigenvalue weighted by atomic mass is 9.84. The largest absolute Gasteiger partial charge is 0.481 e. The highest BCUT2D eigenvalue weighted by Crippen LogP contribution is 2.37. The molecule has 0 spiro atoms. The van der Waals surface area contributed by atoms with Crippen molar-refractivity contribution >= 4 is 5.97 Å². The Morgan fingerprint density at radius 3 is 2.84 bits per heavy atom. The Hall–Kier alpha value is -0.610. The summed E-state index contributed by atoms with van der Waals surface area (Å²) in [5.74, 6) is -0.616. The second kappa shape index (κ2) is 6.23. The minimum atomic E-state index is -0.616. The van der Waals surface area contributed by atoms with Crippen LogP contribution >= 0.6 is 0 Å². The molecule has 0 aromatic rings. The van der Waals surface area contributed by atoms with E-state index in [-0.39, 0.29) is 0 Å². The SMILES string of the molecule is CCCC1CC(N2CCC(CC)(C(=O)O)C2)CCO1. The van der Waals surface area contributed by atoms with Crippen LogP contribution in [-0.2, 0) is 9.53 Å². The molecule has 110 valence electrons. The molecule has 0 aliphatic carbocycles. The van der Waals surface area contributed by atoms with Crippen LogP contribution in [-0.4, -0.2) is 47.8 Å².